The Morgan fingerprint density at radius 1 is 1.23 bits per heavy atom. The molecule has 1 aliphatic rings. The first-order valence-electron chi connectivity index (χ1n) is 7.83. The first kappa shape index (κ1) is 20.4. The number of hydrazine groups is 1. The summed E-state index contributed by atoms with van der Waals surface area (Å²) in [5.74, 6) is -2.53. The van der Waals surface area contributed by atoms with Gasteiger partial charge in [-0.3, -0.25) is 15.0 Å². The van der Waals surface area contributed by atoms with Crippen LogP contribution in [0.15, 0.2) is 12.1 Å². The fraction of sp³-hybridized carbons (Fsp3) is 0.562. The van der Waals surface area contributed by atoms with Gasteiger partial charge in [0.15, 0.2) is 0 Å². The van der Waals surface area contributed by atoms with Gasteiger partial charge in [0.25, 0.3) is 11.8 Å². The Morgan fingerprint density at radius 2 is 1.85 bits per heavy atom. The third-order valence-corrected chi connectivity index (χ3v) is 4.12. The maximum Gasteiger partial charge on any atom is 0.419 e. The van der Waals surface area contributed by atoms with E-state index in [1.165, 1.54) is 0 Å². The number of rotatable bonds is 4. The summed E-state index contributed by atoms with van der Waals surface area (Å²) in [7, 11) is 0. The molecule has 1 fully saturated rings. The van der Waals surface area contributed by atoms with Gasteiger partial charge in [0.2, 0.25) is 0 Å². The molecule has 6 nitrogen and oxygen atoms in total. The van der Waals surface area contributed by atoms with E-state index in [2.05, 4.69) is 10.4 Å². The number of ether oxygens (including phenoxy) is 1. The zero-order chi connectivity index (χ0) is 19.9. The topological polar surface area (TPSA) is 71.5 Å². The zero-order valence-corrected chi connectivity index (χ0v) is 15.4. The molecule has 144 valence electrons. The minimum atomic E-state index is -4.65. The van der Waals surface area contributed by atoms with Crippen LogP contribution in [0.4, 0.5) is 19.0 Å². The van der Waals surface area contributed by atoms with E-state index in [1.807, 2.05) is 20.8 Å². The highest BCUT2D eigenvalue weighted by Gasteiger charge is 2.46. The molecule has 2 atom stereocenters. The molecule has 2 heterocycles. The molecule has 0 bridgehead atoms. The highest BCUT2D eigenvalue weighted by molar-refractivity contribution is 6.30. The number of anilines is 1. The number of pyridine rings is 1. The summed E-state index contributed by atoms with van der Waals surface area (Å²) in [5.41, 5.74) is 0.850. The van der Waals surface area contributed by atoms with E-state index >= 15 is 0 Å². The second kappa shape index (κ2) is 7.03. The van der Waals surface area contributed by atoms with Gasteiger partial charge in [0.05, 0.1) is 29.6 Å². The second-order valence-electron chi connectivity index (χ2n) is 6.97. The number of hydrogen-bond donors (Lipinski definition) is 1. The Balaban J connectivity index is 2.15. The number of alkyl halides is 3. The molecule has 0 radical (unpaired) electrons. The van der Waals surface area contributed by atoms with Crippen molar-refractivity contribution in [3.8, 4) is 0 Å². The van der Waals surface area contributed by atoms with Crippen LogP contribution in [-0.2, 0) is 20.5 Å². The van der Waals surface area contributed by atoms with Crippen molar-refractivity contribution >= 4 is 29.2 Å². The number of carbonyl (C=O) groups excluding carboxylic acids is 2. The van der Waals surface area contributed by atoms with Crippen molar-refractivity contribution in [2.24, 2.45) is 11.8 Å². The van der Waals surface area contributed by atoms with Crippen molar-refractivity contribution in [2.45, 2.75) is 39.5 Å². The van der Waals surface area contributed by atoms with Gasteiger partial charge in [-0.2, -0.15) is 18.2 Å². The number of halogens is 4. The smallest absolute Gasteiger partial charge is 0.375 e. The summed E-state index contributed by atoms with van der Waals surface area (Å²) in [5, 5.41) is -0.0324. The van der Waals surface area contributed by atoms with Crippen molar-refractivity contribution in [3.63, 3.8) is 0 Å². The highest BCUT2D eigenvalue weighted by atomic mass is 35.5. The summed E-state index contributed by atoms with van der Waals surface area (Å²) < 4.78 is 43.7. The number of aromatic nitrogens is 1. The van der Waals surface area contributed by atoms with E-state index in [4.69, 9.17) is 16.3 Å². The summed E-state index contributed by atoms with van der Waals surface area (Å²) >= 11 is 5.55. The van der Waals surface area contributed by atoms with Crippen LogP contribution in [0.2, 0.25) is 5.15 Å². The maximum atomic E-state index is 12.7. The second-order valence-corrected chi connectivity index (χ2v) is 7.33. The molecule has 0 saturated carbocycles. The minimum Gasteiger partial charge on any atom is -0.375 e. The van der Waals surface area contributed by atoms with Crippen molar-refractivity contribution < 1.29 is 27.5 Å². The fourth-order valence-electron chi connectivity index (χ4n) is 2.35. The molecule has 2 amide bonds. The molecule has 26 heavy (non-hydrogen) atoms. The Morgan fingerprint density at radius 3 is 2.35 bits per heavy atom. The molecular formula is C16H19ClF3N3O3. The van der Waals surface area contributed by atoms with Crippen LogP contribution in [0.1, 0.15) is 33.3 Å². The third-order valence-electron chi connectivity index (χ3n) is 3.83. The number of nitrogens with one attached hydrogen (secondary N) is 1. The lowest BCUT2D eigenvalue weighted by molar-refractivity contribution is -0.140. The summed E-state index contributed by atoms with van der Waals surface area (Å²) in [6.07, 6.45) is -4.65. The molecule has 0 aliphatic carbocycles. The van der Waals surface area contributed by atoms with Gasteiger partial charge in [-0.25, -0.2) is 4.98 Å². The molecule has 0 spiro atoms. The molecule has 0 aromatic carbocycles. The van der Waals surface area contributed by atoms with Crippen molar-refractivity contribution in [1.82, 2.24) is 9.99 Å². The van der Waals surface area contributed by atoms with Crippen molar-refractivity contribution in [3.05, 3.63) is 22.8 Å². The molecule has 1 N–H and O–H groups in total. The van der Waals surface area contributed by atoms with Gasteiger partial charge in [0, 0.05) is 0 Å². The quantitative estimate of drug-likeness (QED) is 0.626. The van der Waals surface area contributed by atoms with E-state index in [0.29, 0.717) is 0 Å². The first-order chi connectivity index (χ1) is 11.8. The van der Waals surface area contributed by atoms with Crippen LogP contribution in [0.25, 0.3) is 0 Å². The third kappa shape index (κ3) is 4.45. The average Bonchev–Trinajstić information content (AvgIpc) is 2.67. The molecule has 10 heteroatoms. The van der Waals surface area contributed by atoms with E-state index in [0.717, 1.165) is 17.1 Å². The fourth-order valence-corrected chi connectivity index (χ4v) is 2.61. The minimum absolute atomic E-state index is 0.0502. The molecular weight excluding hydrogens is 375 g/mol. The molecule has 2 unspecified atom stereocenters. The Kier molecular flexibility index (Phi) is 5.53. The summed E-state index contributed by atoms with van der Waals surface area (Å²) in [4.78, 5) is 28.4. The Bertz CT molecular complexity index is 719. The molecule has 1 aromatic heterocycles. The van der Waals surface area contributed by atoms with Gasteiger partial charge in [-0.15, -0.1) is 0 Å². The first-order valence-corrected chi connectivity index (χ1v) is 8.21. The number of imide groups is 1. The lowest BCUT2D eigenvalue weighted by atomic mass is 9.98. The summed E-state index contributed by atoms with van der Waals surface area (Å²) in [6, 6.07) is 1.73. The molecule has 1 aromatic rings. The van der Waals surface area contributed by atoms with Gasteiger partial charge in [-0.05, 0) is 32.9 Å². The highest BCUT2D eigenvalue weighted by Crippen LogP contribution is 2.35. The Labute approximate surface area is 153 Å². The van der Waals surface area contributed by atoms with Crippen LogP contribution < -0.4 is 5.43 Å². The van der Waals surface area contributed by atoms with Crippen LogP contribution in [0, 0.1) is 11.8 Å². The van der Waals surface area contributed by atoms with Gasteiger partial charge >= 0.3 is 6.18 Å². The maximum absolute atomic E-state index is 12.7. The van der Waals surface area contributed by atoms with Crippen LogP contribution in [0.3, 0.4) is 0 Å². The number of hydrogen-bond acceptors (Lipinski definition) is 5. The average molecular weight is 394 g/mol. The van der Waals surface area contributed by atoms with Crippen LogP contribution in [0.5, 0.6) is 0 Å². The van der Waals surface area contributed by atoms with E-state index < -0.39 is 46.1 Å². The largest absolute Gasteiger partial charge is 0.419 e. The van der Waals surface area contributed by atoms with E-state index in [9.17, 15) is 22.8 Å². The number of amides is 2. The van der Waals surface area contributed by atoms with Crippen molar-refractivity contribution in [2.75, 3.05) is 12.0 Å². The van der Waals surface area contributed by atoms with Gasteiger partial charge in [-0.1, -0.05) is 18.5 Å². The predicted molar refractivity (Wildman–Crippen MR) is 88.1 cm³/mol. The Hall–Kier alpha value is -1.87. The van der Waals surface area contributed by atoms with Crippen LogP contribution >= 0.6 is 11.6 Å². The van der Waals surface area contributed by atoms with Gasteiger partial charge < -0.3 is 4.74 Å². The predicted octanol–water partition coefficient (Wildman–Crippen LogP) is 3.52. The molecule has 2 rings (SSSR count). The van der Waals surface area contributed by atoms with Crippen LogP contribution in [-0.4, -0.2) is 34.0 Å². The molecule has 1 aliphatic heterocycles. The lowest BCUT2D eigenvalue weighted by Gasteiger charge is -2.22. The van der Waals surface area contributed by atoms with Crippen molar-refractivity contribution in [1.29, 1.82) is 0 Å². The molecule has 1 saturated heterocycles. The normalized spacial score (nSPS) is 21.5. The monoisotopic (exact) mass is 393 g/mol. The number of nitrogens with zero attached hydrogens (tertiary/aromatic N) is 2. The number of carbonyl (C=O) groups is 2. The van der Waals surface area contributed by atoms with Gasteiger partial charge in [0.1, 0.15) is 11.0 Å². The standard InChI is InChI=1S/C16H19ClF3N3O3/c1-8-9(7-26-15(2,3)4)14(25)23(13(8)24)22-11-6-5-10(12(17)21-11)16(18,19)20/h5-6,8-9H,7H2,1-4H3,(H,21,22). The summed E-state index contributed by atoms with van der Waals surface area (Å²) in [6.45, 7) is 7.11. The lowest BCUT2D eigenvalue weighted by Crippen LogP contribution is -2.37. The van der Waals surface area contributed by atoms with E-state index in [1.54, 1.807) is 6.92 Å². The SMILES string of the molecule is CC1C(=O)N(Nc2ccc(C(F)(F)F)c(Cl)n2)C(=O)C1COC(C)(C)C. The van der Waals surface area contributed by atoms with E-state index in [-0.39, 0.29) is 12.4 Å². The zero-order valence-electron chi connectivity index (χ0n) is 14.6.